The number of anilines is 1. The predicted molar refractivity (Wildman–Crippen MR) is 66.3 cm³/mol. The largest absolute Gasteiger partial charge is 0.385 e. The van der Waals surface area contributed by atoms with Crippen LogP contribution >= 0.6 is 11.3 Å². The smallest absolute Gasteiger partial charge is 0.329 e. The quantitative estimate of drug-likeness (QED) is 0.825. The Balaban J connectivity index is 2.31. The molecule has 3 N–H and O–H groups in total. The maximum atomic E-state index is 11.6. The van der Waals surface area contributed by atoms with Gasteiger partial charge >= 0.3 is 5.69 Å². The number of aromatic amines is 1. The predicted octanol–water partition coefficient (Wildman–Crippen LogP) is 0.379. The molecule has 1 atom stereocenters. The molecule has 0 saturated carbocycles. The minimum Gasteiger partial charge on any atom is -0.385 e. The second kappa shape index (κ2) is 4.54. The van der Waals surface area contributed by atoms with Crippen molar-refractivity contribution >= 4 is 17.2 Å². The number of nitrogen functional groups attached to an aromatic ring is 1. The molecule has 90 valence electrons. The van der Waals surface area contributed by atoms with Crippen LogP contribution < -0.4 is 17.0 Å². The lowest BCUT2D eigenvalue weighted by atomic mass is 10.2. The fourth-order valence-electron chi connectivity index (χ4n) is 1.56. The van der Waals surface area contributed by atoms with E-state index in [0.717, 1.165) is 5.01 Å². The van der Waals surface area contributed by atoms with E-state index in [0.29, 0.717) is 6.54 Å². The van der Waals surface area contributed by atoms with Gasteiger partial charge in [0.05, 0.1) is 5.01 Å². The summed E-state index contributed by atoms with van der Waals surface area (Å²) in [5, 5.41) is 2.81. The molecule has 7 heteroatoms. The van der Waals surface area contributed by atoms with Gasteiger partial charge in [-0.1, -0.05) is 6.92 Å². The molecule has 6 nitrogen and oxygen atoms in total. The molecule has 0 aliphatic heterocycles. The van der Waals surface area contributed by atoms with E-state index in [-0.39, 0.29) is 11.7 Å². The van der Waals surface area contributed by atoms with E-state index in [1.807, 2.05) is 12.3 Å². The van der Waals surface area contributed by atoms with Crippen molar-refractivity contribution < 1.29 is 0 Å². The Labute approximate surface area is 101 Å². The molecule has 0 fully saturated rings. The van der Waals surface area contributed by atoms with Crippen molar-refractivity contribution in [3.05, 3.63) is 43.5 Å². The minimum atomic E-state index is -0.488. The van der Waals surface area contributed by atoms with Gasteiger partial charge in [0.15, 0.2) is 0 Å². The van der Waals surface area contributed by atoms with Crippen molar-refractivity contribution in [2.24, 2.45) is 0 Å². The third kappa shape index (κ3) is 2.44. The fraction of sp³-hybridized carbons (Fsp3) is 0.300. The Morgan fingerprint density at radius 1 is 1.59 bits per heavy atom. The first kappa shape index (κ1) is 11.6. The third-order valence-corrected chi connectivity index (χ3v) is 3.40. The van der Waals surface area contributed by atoms with Crippen LogP contribution in [0.1, 0.15) is 17.8 Å². The molecule has 0 amide bonds. The van der Waals surface area contributed by atoms with Gasteiger partial charge in [0.1, 0.15) is 5.82 Å². The maximum Gasteiger partial charge on any atom is 0.329 e. The van der Waals surface area contributed by atoms with Crippen LogP contribution in [0.2, 0.25) is 0 Å². The van der Waals surface area contributed by atoms with Gasteiger partial charge in [-0.05, 0) is 0 Å². The molecule has 0 aliphatic carbocycles. The summed E-state index contributed by atoms with van der Waals surface area (Å²) in [6, 6.07) is 1.20. The lowest BCUT2D eigenvalue weighted by Gasteiger charge is -2.12. The van der Waals surface area contributed by atoms with E-state index in [2.05, 4.69) is 9.97 Å². The summed E-state index contributed by atoms with van der Waals surface area (Å²) >= 11 is 1.53. The molecule has 0 bridgehead atoms. The number of nitrogens with two attached hydrogens (primary N) is 1. The van der Waals surface area contributed by atoms with Crippen LogP contribution in [0.15, 0.2) is 27.2 Å². The van der Waals surface area contributed by atoms with Crippen LogP contribution in [0.5, 0.6) is 0 Å². The SMILES string of the molecule is CC(Cn1c(N)cc(=O)[nH]c1=O)c1nccs1. The zero-order chi connectivity index (χ0) is 12.4. The average molecular weight is 252 g/mol. The van der Waals surface area contributed by atoms with E-state index >= 15 is 0 Å². The van der Waals surface area contributed by atoms with Gasteiger partial charge in [0.2, 0.25) is 0 Å². The van der Waals surface area contributed by atoms with E-state index in [1.54, 1.807) is 6.20 Å². The molecule has 0 aliphatic rings. The summed E-state index contributed by atoms with van der Waals surface area (Å²) < 4.78 is 1.34. The molecule has 17 heavy (non-hydrogen) atoms. The van der Waals surface area contributed by atoms with E-state index in [4.69, 9.17) is 5.73 Å². The summed E-state index contributed by atoms with van der Waals surface area (Å²) in [6.07, 6.45) is 1.72. The molecule has 2 aromatic heterocycles. The number of hydrogen-bond donors (Lipinski definition) is 2. The van der Waals surface area contributed by atoms with E-state index in [9.17, 15) is 9.59 Å². The molecule has 0 radical (unpaired) electrons. The zero-order valence-corrected chi connectivity index (χ0v) is 10.0. The molecular formula is C10H12N4O2S. The van der Waals surface area contributed by atoms with Crippen LogP contribution in [0, 0.1) is 0 Å². The number of aromatic nitrogens is 3. The Hall–Kier alpha value is -1.89. The summed E-state index contributed by atoms with van der Waals surface area (Å²) in [5.41, 5.74) is 4.68. The molecule has 2 rings (SSSR count). The highest BCUT2D eigenvalue weighted by Gasteiger charge is 2.12. The highest BCUT2D eigenvalue weighted by molar-refractivity contribution is 7.09. The van der Waals surface area contributed by atoms with Crippen LogP contribution in [-0.2, 0) is 6.54 Å². The standard InChI is InChI=1S/C10H12N4O2S/c1-6(9-12-2-3-17-9)5-14-7(11)4-8(15)13-10(14)16/h2-4,6H,5,11H2,1H3,(H,13,15,16). The van der Waals surface area contributed by atoms with Gasteiger partial charge in [-0.2, -0.15) is 0 Å². The first-order valence-electron chi connectivity index (χ1n) is 5.07. The number of H-pyrrole nitrogens is 1. The van der Waals surface area contributed by atoms with Gasteiger partial charge in [0.25, 0.3) is 5.56 Å². The van der Waals surface area contributed by atoms with Crippen LogP contribution in [0.4, 0.5) is 5.82 Å². The molecule has 2 heterocycles. The Morgan fingerprint density at radius 2 is 2.35 bits per heavy atom. The highest BCUT2D eigenvalue weighted by Crippen LogP contribution is 2.19. The summed E-state index contributed by atoms with van der Waals surface area (Å²) in [4.78, 5) is 29.0. The molecule has 0 spiro atoms. The first-order chi connectivity index (χ1) is 8.08. The molecule has 1 unspecified atom stereocenters. The number of nitrogens with one attached hydrogen (secondary N) is 1. The second-order valence-electron chi connectivity index (χ2n) is 3.75. The van der Waals surface area contributed by atoms with Gasteiger partial charge in [-0.3, -0.25) is 14.3 Å². The number of rotatable bonds is 3. The first-order valence-corrected chi connectivity index (χ1v) is 5.95. The zero-order valence-electron chi connectivity index (χ0n) is 9.21. The van der Waals surface area contributed by atoms with E-state index in [1.165, 1.54) is 22.0 Å². The second-order valence-corrected chi connectivity index (χ2v) is 4.67. The molecular weight excluding hydrogens is 240 g/mol. The van der Waals surface area contributed by atoms with Gasteiger partial charge < -0.3 is 5.73 Å². The van der Waals surface area contributed by atoms with Gasteiger partial charge in [-0.25, -0.2) is 9.78 Å². The Morgan fingerprint density at radius 3 is 2.94 bits per heavy atom. The fourth-order valence-corrected chi connectivity index (χ4v) is 2.25. The monoisotopic (exact) mass is 252 g/mol. The third-order valence-electron chi connectivity index (χ3n) is 2.40. The van der Waals surface area contributed by atoms with Crippen LogP contribution in [0.25, 0.3) is 0 Å². The van der Waals surface area contributed by atoms with Crippen molar-refractivity contribution in [1.82, 2.24) is 14.5 Å². The van der Waals surface area contributed by atoms with Gasteiger partial charge in [-0.15, -0.1) is 11.3 Å². The van der Waals surface area contributed by atoms with Gasteiger partial charge in [0, 0.05) is 30.1 Å². The van der Waals surface area contributed by atoms with Crippen molar-refractivity contribution in [2.45, 2.75) is 19.4 Å². The normalized spacial score (nSPS) is 12.5. The highest BCUT2D eigenvalue weighted by atomic mass is 32.1. The molecule has 2 aromatic rings. The topological polar surface area (TPSA) is 93.8 Å². The van der Waals surface area contributed by atoms with Crippen molar-refractivity contribution in [2.75, 3.05) is 5.73 Å². The molecule has 0 saturated heterocycles. The number of nitrogens with zero attached hydrogens (tertiary/aromatic N) is 2. The van der Waals surface area contributed by atoms with Crippen LogP contribution in [-0.4, -0.2) is 14.5 Å². The van der Waals surface area contributed by atoms with E-state index < -0.39 is 11.2 Å². The molecule has 0 aromatic carbocycles. The summed E-state index contributed by atoms with van der Waals surface area (Å²) in [7, 11) is 0. The van der Waals surface area contributed by atoms with Crippen molar-refractivity contribution in [3.8, 4) is 0 Å². The lowest BCUT2D eigenvalue weighted by molar-refractivity contribution is 0.572. The Kier molecular flexibility index (Phi) is 3.10. The van der Waals surface area contributed by atoms with Crippen molar-refractivity contribution in [1.29, 1.82) is 0 Å². The van der Waals surface area contributed by atoms with Crippen molar-refractivity contribution in [3.63, 3.8) is 0 Å². The number of hydrogen-bond acceptors (Lipinski definition) is 5. The average Bonchev–Trinajstić information content (AvgIpc) is 2.76. The number of thiazole rings is 1. The maximum absolute atomic E-state index is 11.6. The minimum absolute atomic E-state index is 0.0703. The summed E-state index contributed by atoms with van der Waals surface area (Å²) in [6.45, 7) is 2.35. The summed E-state index contributed by atoms with van der Waals surface area (Å²) in [5.74, 6) is 0.239. The van der Waals surface area contributed by atoms with Crippen LogP contribution in [0.3, 0.4) is 0 Å². The Bertz CT molecular complexity index is 614. The lowest BCUT2D eigenvalue weighted by Crippen LogP contribution is -2.32.